The fourth-order valence-corrected chi connectivity index (χ4v) is 4.51. The van der Waals surface area contributed by atoms with Crippen molar-refractivity contribution in [3.05, 3.63) is 58.5 Å². The first-order valence-electron chi connectivity index (χ1n) is 10.7. The number of aliphatic imine (C=N–C) groups is 1. The van der Waals surface area contributed by atoms with Gasteiger partial charge in [-0.25, -0.2) is 9.98 Å². The molecule has 0 amide bonds. The molecule has 3 aromatic rings. The number of aromatic nitrogens is 3. The van der Waals surface area contributed by atoms with Gasteiger partial charge in [0.25, 0.3) is 0 Å². The second kappa shape index (κ2) is 11.0. The highest BCUT2D eigenvalue weighted by Crippen LogP contribution is 2.25. The zero-order chi connectivity index (χ0) is 21.3. The Labute approximate surface area is 186 Å². The van der Waals surface area contributed by atoms with Crippen LogP contribution in [0.1, 0.15) is 23.4 Å². The summed E-state index contributed by atoms with van der Waals surface area (Å²) in [6.45, 7) is 7.75. The van der Waals surface area contributed by atoms with Crippen LogP contribution in [-0.2, 0) is 11.3 Å². The normalized spacial score (nSPS) is 16.2. The van der Waals surface area contributed by atoms with Crippen molar-refractivity contribution in [1.82, 2.24) is 30.7 Å². The maximum absolute atomic E-state index is 5.55. The van der Waals surface area contributed by atoms with Gasteiger partial charge in [0, 0.05) is 36.6 Å². The minimum Gasteiger partial charge on any atom is -0.379 e. The molecule has 1 aliphatic heterocycles. The SMILES string of the molecule is CCNC(=NCc1cccc(-c2ncn[nH]2)c1)NCC(c1cccs1)N1CCOCC1. The van der Waals surface area contributed by atoms with E-state index in [4.69, 9.17) is 9.73 Å². The Balaban J connectivity index is 1.43. The molecule has 0 spiro atoms. The monoisotopic (exact) mass is 439 g/mol. The lowest BCUT2D eigenvalue weighted by Gasteiger charge is -2.34. The third-order valence-electron chi connectivity index (χ3n) is 5.20. The summed E-state index contributed by atoms with van der Waals surface area (Å²) in [5, 5.41) is 15.9. The maximum atomic E-state index is 5.55. The molecule has 3 heterocycles. The lowest BCUT2D eigenvalue weighted by atomic mass is 10.1. The maximum Gasteiger partial charge on any atom is 0.191 e. The molecule has 31 heavy (non-hydrogen) atoms. The average Bonchev–Trinajstić information content (AvgIpc) is 3.53. The fourth-order valence-electron chi connectivity index (χ4n) is 3.65. The van der Waals surface area contributed by atoms with Crippen molar-refractivity contribution in [2.24, 2.45) is 4.99 Å². The molecule has 0 aliphatic carbocycles. The van der Waals surface area contributed by atoms with E-state index < -0.39 is 0 Å². The molecule has 1 atom stereocenters. The van der Waals surface area contributed by atoms with Crippen LogP contribution in [0, 0.1) is 0 Å². The molecule has 9 heteroatoms. The van der Waals surface area contributed by atoms with E-state index in [9.17, 15) is 0 Å². The standard InChI is InChI=1S/C22H29N7OS/c1-2-23-22(24-14-17-5-3-6-18(13-17)21-26-16-27-28-21)25-15-19(20-7-4-12-31-20)29-8-10-30-11-9-29/h3-7,12-13,16,19H,2,8-11,14-15H2,1H3,(H2,23,24,25)(H,26,27,28). The Hall–Kier alpha value is -2.75. The van der Waals surface area contributed by atoms with Crippen molar-refractivity contribution in [3.8, 4) is 11.4 Å². The topological polar surface area (TPSA) is 90.5 Å². The number of guanidine groups is 1. The highest BCUT2D eigenvalue weighted by Gasteiger charge is 2.23. The lowest BCUT2D eigenvalue weighted by Crippen LogP contribution is -2.46. The Morgan fingerprint density at radius 1 is 1.26 bits per heavy atom. The Morgan fingerprint density at radius 2 is 2.16 bits per heavy atom. The van der Waals surface area contributed by atoms with Crippen molar-refractivity contribution in [3.63, 3.8) is 0 Å². The number of benzene rings is 1. The van der Waals surface area contributed by atoms with Crippen LogP contribution in [0.3, 0.4) is 0 Å². The van der Waals surface area contributed by atoms with Crippen LogP contribution in [0.2, 0.25) is 0 Å². The quantitative estimate of drug-likeness (QED) is 0.369. The zero-order valence-electron chi connectivity index (χ0n) is 17.8. The van der Waals surface area contributed by atoms with Crippen molar-refractivity contribution >= 4 is 17.3 Å². The first-order valence-corrected chi connectivity index (χ1v) is 11.5. The lowest BCUT2D eigenvalue weighted by molar-refractivity contribution is 0.0177. The molecule has 1 unspecified atom stereocenters. The molecule has 2 aromatic heterocycles. The van der Waals surface area contributed by atoms with Crippen LogP contribution < -0.4 is 10.6 Å². The van der Waals surface area contributed by atoms with Crippen molar-refractivity contribution < 1.29 is 4.74 Å². The molecule has 8 nitrogen and oxygen atoms in total. The minimum atomic E-state index is 0.308. The van der Waals surface area contributed by atoms with Crippen LogP contribution in [0.15, 0.2) is 53.1 Å². The predicted octanol–water partition coefficient (Wildman–Crippen LogP) is 2.66. The highest BCUT2D eigenvalue weighted by atomic mass is 32.1. The van der Waals surface area contributed by atoms with Crippen molar-refractivity contribution in [2.45, 2.75) is 19.5 Å². The van der Waals surface area contributed by atoms with Gasteiger partial charge in [-0.2, -0.15) is 5.10 Å². The number of aromatic amines is 1. The molecular formula is C22H29N7OS. The molecule has 3 N–H and O–H groups in total. The molecule has 4 rings (SSSR count). The van der Waals surface area contributed by atoms with Gasteiger partial charge in [-0.3, -0.25) is 10.00 Å². The molecule has 0 bridgehead atoms. The molecule has 1 saturated heterocycles. The molecular weight excluding hydrogens is 410 g/mol. The van der Waals surface area contributed by atoms with E-state index in [-0.39, 0.29) is 0 Å². The summed E-state index contributed by atoms with van der Waals surface area (Å²) in [6.07, 6.45) is 1.52. The van der Waals surface area contributed by atoms with Gasteiger partial charge in [-0.15, -0.1) is 11.3 Å². The number of rotatable bonds is 8. The van der Waals surface area contributed by atoms with E-state index in [0.717, 1.165) is 62.3 Å². The van der Waals surface area contributed by atoms with Gasteiger partial charge in [0.15, 0.2) is 11.8 Å². The second-order valence-corrected chi connectivity index (χ2v) is 8.27. The molecule has 1 aromatic carbocycles. The molecule has 1 aliphatic rings. The number of morpholine rings is 1. The summed E-state index contributed by atoms with van der Waals surface area (Å²) >= 11 is 1.80. The first kappa shape index (κ1) is 21.5. The average molecular weight is 440 g/mol. The van der Waals surface area contributed by atoms with Crippen molar-refractivity contribution in [2.75, 3.05) is 39.4 Å². The summed E-state index contributed by atoms with van der Waals surface area (Å²) < 4.78 is 5.55. The first-order chi connectivity index (χ1) is 15.3. The van der Waals surface area contributed by atoms with E-state index in [1.165, 1.54) is 11.2 Å². The molecule has 0 saturated carbocycles. The zero-order valence-corrected chi connectivity index (χ0v) is 18.6. The number of ether oxygens (including phenoxy) is 1. The van der Waals surface area contributed by atoms with Crippen LogP contribution in [0.5, 0.6) is 0 Å². The van der Waals surface area contributed by atoms with Crippen molar-refractivity contribution in [1.29, 1.82) is 0 Å². The summed E-state index contributed by atoms with van der Waals surface area (Å²) in [5.74, 6) is 1.59. The second-order valence-electron chi connectivity index (χ2n) is 7.29. The number of hydrogen-bond donors (Lipinski definition) is 3. The minimum absolute atomic E-state index is 0.308. The molecule has 0 radical (unpaired) electrons. The van der Waals surface area contributed by atoms with Gasteiger partial charge in [0.1, 0.15) is 6.33 Å². The summed E-state index contributed by atoms with van der Waals surface area (Å²) in [4.78, 5) is 12.9. The van der Waals surface area contributed by atoms with Gasteiger partial charge in [-0.05, 0) is 30.0 Å². The number of thiophene rings is 1. The number of H-pyrrole nitrogens is 1. The molecule has 1 fully saturated rings. The van der Waals surface area contributed by atoms with Crippen LogP contribution in [0.4, 0.5) is 0 Å². The molecule has 164 valence electrons. The van der Waals surface area contributed by atoms with Gasteiger partial charge in [-0.1, -0.05) is 24.3 Å². The van der Waals surface area contributed by atoms with Crippen LogP contribution in [0.25, 0.3) is 11.4 Å². The number of nitrogens with zero attached hydrogens (tertiary/aromatic N) is 4. The summed E-state index contributed by atoms with van der Waals surface area (Å²) in [7, 11) is 0. The van der Waals surface area contributed by atoms with E-state index in [1.807, 2.05) is 12.1 Å². The third kappa shape index (κ3) is 5.90. The summed E-state index contributed by atoms with van der Waals surface area (Å²) in [6, 6.07) is 12.9. The number of nitrogens with one attached hydrogen (secondary N) is 3. The van der Waals surface area contributed by atoms with Gasteiger partial charge < -0.3 is 15.4 Å². The van der Waals surface area contributed by atoms with E-state index in [0.29, 0.717) is 12.6 Å². The van der Waals surface area contributed by atoms with E-state index in [1.54, 1.807) is 11.3 Å². The van der Waals surface area contributed by atoms with Crippen LogP contribution in [-0.4, -0.2) is 65.4 Å². The predicted molar refractivity (Wildman–Crippen MR) is 124 cm³/mol. The largest absolute Gasteiger partial charge is 0.379 e. The Morgan fingerprint density at radius 3 is 2.90 bits per heavy atom. The third-order valence-corrected chi connectivity index (χ3v) is 6.17. The number of hydrogen-bond acceptors (Lipinski definition) is 6. The van der Waals surface area contributed by atoms with Gasteiger partial charge in [0.2, 0.25) is 0 Å². The fraction of sp³-hybridized carbons (Fsp3) is 0.409. The smallest absolute Gasteiger partial charge is 0.191 e. The van der Waals surface area contributed by atoms with Gasteiger partial charge >= 0.3 is 0 Å². The van der Waals surface area contributed by atoms with Crippen LogP contribution >= 0.6 is 11.3 Å². The highest BCUT2D eigenvalue weighted by molar-refractivity contribution is 7.10. The van der Waals surface area contributed by atoms with E-state index >= 15 is 0 Å². The summed E-state index contributed by atoms with van der Waals surface area (Å²) in [5.41, 5.74) is 2.13. The Bertz CT molecular complexity index is 937. The van der Waals surface area contributed by atoms with E-state index in [2.05, 4.69) is 67.3 Å². The van der Waals surface area contributed by atoms with Gasteiger partial charge in [0.05, 0.1) is 25.8 Å². The Kier molecular flexibility index (Phi) is 7.65.